The molecule has 3 heteroatoms. The van der Waals surface area contributed by atoms with Gasteiger partial charge >= 0.3 is 5.97 Å². The van der Waals surface area contributed by atoms with Crippen molar-refractivity contribution < 1.29 is 14.3 Å². The highest BCUT2D eigenvalue weighted by Crippen LogP contribution is 2.51. The van der Waals surface area contributed by atoms with Crippen LogP contribution in [0, 0.1) is 17.3 Å². The van der Waals surface area contributed by atoms with Gasteiger partial charge in [-0.15, -0.1) is 0 Å². The molecule has 0 radical (unpaired) electrons. The zero-order valence-electron chi connectivity index (χ0n) is 10.9. The minimum Gasteiger partial charge on any atom is -0.458 e. The van der Waals surface area contributed by atoms with E-state index in [9.17, 15) is 9.59 Å². The molecule has 3 rings (SSSR count). The molecule has 18 heavy (non-hydrogen) atoms. The predicted molar refractivity (Wildman–Crippen MR) is 66.7 cm³/mol. The van der Waals surface area contributed by atoms with Crippen LogP contribution in [0.2, 0.25) is 0 Å². The third-order valence-electron chi connectivity index (χ3n) is 4.88. The summed E-state index contributed by atoms with van der Waals surface area (Å²) in [7, 11) is 0. The number of hydrogen-bond acceptors (Lipinski definition) is 3. The maximum absolute atomic E-state index is 12.2. The summed E-state index contributed by atoms with van der Waals surface area (Å²) in [6.45, 7) is 7.99. The van der Waals surface area contributed by atoms with E-state index in [1.54, 1.807) is 0 Å². The minimum atomic E-state index is -0.427. The van der Waals surface area contributed by atoms with Gasteiger partial charge in [-0.1, -0.05) is 25.2 Å². The number of ketones is 1. The maximum Gasteiger partial charge on any atom is 0.334 e. The summed E-state index contributed by atoms with van der Waals surface area (Å²) in [5, 5.41) is 0. The Hall–Kier alpha value is -1.38. The fraction of sp³-hybridized carbons (Fsp3) is 0.600. The van der Waals surface area contributed by atoms with Crippen molar-refractivity contribution in [2.75, 3.05) is 0 Å². The second kappa shape index (κ2) is 3.56. The summed E-state index contributed by atoms with van der Waals surface area (Å²) in [5.74, 6) is 0.383. The first-order valence-corrected chi connectivity index (χ1v) is 6.59. The second-order valence-corrected chi connectivity index (χ2v) is 6.02. The van der Waals surface area contributed by atoms with Crippen molar-refractivity contribution in [3.05, 3.63) is 23.8 Å². The molecule has 0 spiro atoms. The van der Waals surface area contributed by atoms with Crippen molar-refractivity contribution in [3.8, 4) is 0 Å². The van der Waals surface area contributed by atoms with Crippen LogP contribution < -0.4 is 0 Å². The van der Waals surface area contributed by atoms with Gasteiger partial charge in [-0.05, 0) is 19.3 Å². The van der Waals surface area contributed by atoms with Gasteiger partial charge in [0.25, 0.3) is 0 Å². The first-order chi connectivity index (χ1) is 8.43. The fourth-order valence-corrected chi connectivity index (χ4v) is 3.68. The number of ether oxygens (including phenoxy) is 1. The van der Waals surface area contributed by atoms with Gasteiger partial charge < -0.3 is 4.74 Å². The Bertz CT molecular complexity index is 488. The number of carbonyl (C=O) groups is 2. The van der Waals surface area contributed by atoms with E-state index in [1.807, 2.05) is 6.92 Å². The normalized spacial score (nSPS) is 43.1. The molecule has 0 amide bonds. The van der Waals surface area contributed by atoms with E-state index in [2.05, 4.69) is 19.6 Å². The van der Waals surface area contributed by atoms with Crippen molar-refractivity contribution in [2.45, 2.75) is 39.2 Å². The summed E-state index contributed by atoms with van der Waals surface area (Å²) >= 11 is 0. The van der Waals surface area contributed by atoms with Gasteiger partial charge in [-0.3, -0.25) is 4.79 Å². The quantitative estimate of drug-likeness (QED) is 0.374. The number of carbonyl (C=O) groups excluding carboxylic acids is 2. The van der Waals surface area contributed by atoms with E-state index in [-0.39, 0.29) is 18.0 Å². The van der Waals surface area contributed by atoms with Gasteiger partial charge in [0.2, 0.25) is 0 Å². The molecule has 1 heterocycles. The molecule has 1 aliphatic heterocycles. The van der Waals surface area contributed by atoms with Gasteiger partial charge in [0, 0.05) is 24.3 Å². The lowest BCUT2D eigenvalue weighted by Crippen LogP contribution is -2.44. The second-order valence-electron chi connectivity index (χ2n) is 6.02. The smallest absolute Gasteiger partial charge is 0.334 e. The summed E-state index contributed by atoms with van der Waals surface area (Å²) in [5.41, 5.74) is 1.31. The highest BCUT2D eigenvalue weighted by atomic mass is 16.6. The van der Waals surface area contributed by atoms with Crippen LogP contribution in [0.5, 0.6) is 0 Å². The van der Waals surface area contributed by atoms with E-state index in [4.69, 9.17) is 4.74 Å². The molecule has 1 saturated carbocycles. The fourth-order valence-electron chi connectivity index (χ4n) is 3.68. The average molecular weight is 246 g/mol. The van der Waals surface area contributed by atoms with Crippen LogP contribution in [-0.4, -0.2) is 17.9 Å². The minimum absolute atomic E-state index is 0.0195. The van der Waals surface area contributed by atoms with Crippen molar-refractivity contribution in [2.24, 2.45) is 17.3 Å². The van der Waals surface area contributed by atoms with Crippen LogP contribution in [0.3, 0.4) is 0 Å². The Labute approximate surface area is 107 Å². The van der Waals surface area contributed by atoms with E-state index in [0.717, 1.165) is 6.42 Å². The van der Waals surface area contributed by atoms with E-state index in [0.29, 0.717) is 30.1 Å². The largest absolute Gasteiger partial charge is 0.458 e. The lowest BCUT2D eigenvalue weighted by Gasteiger charge is -2.44. The number of fused-ring (bicyclic) bond motifs is 2. The Morgan fingerprint density at radius 1 is 1.44 bits per heavy atom. The highest BCUT2D eigenvalue weighted by molar-refractivity contribution is 5.93. The maximum atomic E-state index is 12.2. The van der Waals surface area contributed by atoms with Crippen LogP contribution in [0.4, 0.5) is 0 Å². The highest BCUT2D eigenvalue weighted by Gasteiger charge is 2.52. The molecular formula is C15H18O3. The molecule has 4 unspecified atom stereocenters. The Morgan fingerprint density at radius 2 is 2.17 bits per heavy atom. The van der Waals surface area contributed by atoms with E-state index < -0.39 is 5.41 Å². The molecule has 0 N–H and O–H groups in total. The van der Waals surface area contributed by atoms with Gasteiger partial charge in [-0.25, -0.2) is 4.79 Å². The third-order valence-corrected chi connectivity index (χ3v) is 4.88. The number of allylic oxidation sites excluding steroid dienone is 1. The number of rotatable bonds is 0. The number of esters is 1. The van der Waals surface area contributed by atoms with Crippen molar-refractivity contribution in [1.82, 2.24) is 0 Å². The molecule has 3 aliphatic rings. The molecule has 4 atom stereocenters. The van der Waals surface area contributed by atoms with Gasteiger partial charge in [0.15, 0.2) is 0 Å². The van der Waals surface area contributed by atoms with Crippen LogP contribution >= 0.6 is 0 Å². The Kier molecular flexibility index (Phi) is 2.31. The van der Waals surface area contributed by atoms with E-state index in [1.165, 1.54) is 5.57 Å². The summed E-state index contributed by atoms with van der Waals surface area (Å²) in [4.78, 5) is 23.8. The average Bonchev–Trinajstić information content (AvgIpc) is 2.58. The van der Waals surface area contributed by atoms with Gasteiger partial charge in [-0.2, -0.15) is 0 Å². The topological polar surface area (TPSA) is 43.4 Å². The molecule has 0 aromatic carbocycles. The van der Waals surface area contributed by atoms with Crippen molar-refractivity contribution in [1.29, 1.82) is 0 Å². The number of Topliss-reactive ketones (excluding diaryl/α,β-unsaturated/α-hetero) is 1. The van der Waals surface area contributed by atoms with Crippen molar-refractivity contribution >= 4 is 11.8 Å². The zero-order valence-corrected chi connectivity index (χ0v) is 10.9. The van der Waals surface area contributed by atoms with Crippen LogP contribution in [-0.2, 0) is 14.3 Å². The monoisotopic (exact) mass is 246 g/mol. The molecule has 2 aliphatic carbocycles. The first kappa shape index (κ1) is 11.7. The summed E-state index contributed by atoms with van der Waals surface area (Å²) < 4.78 is 5.34. The molecule has 3 nitrogen and oxygen atoms in total. The SMILES string of the molecule is C=C1C(=O)OC2CC3(C)C(=O)CCC(C)C3=CC12. The summed E-state index contributed by atoms with van der Waals surface area (Å²) in [6, 6.07) is 0. The molecule has 1 saturated heterocycles. The van der Waals surface area contributed by atoms with Crippen molar-refractivity contribution in [3.63, 3.8) is 0 Å². The lowest BCUT2D eigenvalue weighted by molar-refractivity contribution is -0.143. The third kappa shape index (κ3) is 1.36. The lowest BCUT2D eigenvalue weighted by atomic mass is 9.59. The molecule has 0 bridgehead atoms. The zero-order chi connectivity index (χ0) is 13.1. The Balaban J connectivity index is 2.07. The van der Waals surface area contributed by atoms with Gasteiger partial charge in [0.1, 0.15) is 11.9 Å². The molecular weight excluding hydrogens is 228 g/mol. The molecule has 0 aromatic heterocycles. The van der Waals surface area contributed by atoms with E-state index >= 15 is 0 Å². The van der Waals surface area contributed by atoms with Crippen LogP contribution in [0.1, 0.15) is 33.1 Å². The molecule has 2 fully saturated rings. The Morgan fingerprint density at radius 3 is 2.89 bits per heavy atom. The molecule has 0 aromatic rings. The standard InChI is InChI=1S/C15H18O3/c1-8-4-5-13(16)15(3)7-12-10(6-11(8)15)9(2)14(17)18-12/h6,8,10,12H,2,4-5,7H2,1,3H3. The molecule has 96 valence electrons. The van der Waals surface area contributed by atoms with Crippen LogP contribution in [0.25, 0.3) is 0 Å². The van der Waals surface area contributed by atoms with Gasteiger partial charge in [0.05, 0.1) is 5.41 Å². The summed E-state index contributed by atoms with van der Waals surface area (Å²) in [6.07, 6.45) is 4.08. The van der Waals surface area contributed by atoms with Crippen LogP contribution in [0.15, 0.2) is 23.8 Å². The predicted octanol–water partition coefficient (Wildman–Crippen LogP) is 2.42. The first-order valence-electron chi connectivity index (χ1n) is 6.59. The number of hydrogen-bond donors (Lipinski definition) is 0.